The van der Waals surface area contributed by atoms with E-state index in [1.807, 2.05) is 11.3 Å². The first kappa shape index (κ1) is 12.2. The summed E-state index contributed by atoms with van der Waals surface area (Å²) in [6.07, 6.45) is 4.89. The fourth-order valence-corrected chi connectivity index (χ4v) is 3.43. The second-order valence-corrected chi connectivity index (χ2v) is 6.57. The molecule has 1 aliphatic carbocycles. The molecule has 1 aromatic carbocycles. The van der Waals surface area contributed by atoms with Crippen LogP contribution in [-0.2, 0) is 13.1 Å². The zero-order chi connectivity index (χ0) is 13.4. The van der Waals surface area contributed by atoms with E-state index in [0.29, 0.717) is 0 Å². The molecule has 1 N–H and O–H groups in total. The highest BCUT2D eigenvalue weighted by atomic mass is 32.1. The zero-order valence-electron chi connectivity index (χ0n) is 11.4. The van der Waals surface area contributed by atoms with Gasteiger partial charge in [-0.15, -0.1) is 11.3 Å². The van der Waals surface area contributed by atoms with Crippen LogP contribution in [0.15, 0.2) is 48.0 Å². The number of benzene rings is 1. The minimum atomic E-state index is 0.756. The van der Waals surface area contributed by atoms with E-state index in [4.69, 9.17) is 0 Å². The van der Waals surface area contributed by atoms with Crippen LogP contribution >= 0.6 is 11.3 Å². The highest BCUT2D eigenvalue weighted by Gasteiger charge is 2.20. The Kier molecular flexibility index (Phi) is 3.09. The number of aromatic nitrogens is 1. The van der Waals surface area contributed by atoms with Crippen molar-refractivity contribution in [2.45, 2.75) is 32.0 Å². The molecule has 0 spiro atoms. The Balaban J connectivity index is 1.68. The van der Waals surface area contributed by atoms with Crippen LogP contribution in [0.2, 0.25) is 0 Å². The lowest BCUT2D eigenvalue weighted by Crippen LogP contribution is -2.16. The number of hydrogen-bond donors (Lipinski definition) is 1. The standard InChI is InChI=1S/C17H18N2S/c1-3-13-8-9-19(12-16-5-2-10-20-16)17(13)14(4-1)11-18-15-6-7-15/h1-5,8-10,15,18H,6-7,11-12H2. The highest BCUT2D eigenvalue weighted by molar-refractivity contribution is 7.09. The van der Waals surface area contributed by atoms with Crippen molar-refractivity contribution in [3.8, 4) is 0 Å². The summed E-state index contributed by atoms with van der Waals surface area (Å²) in [6, 6.07) is 13.9. The number of nitrogens with one attached hydrogen (secondary N) is 1. The molecular formula is C17H18N2S. The Morgan fingerprint density at radius 3 is 2.90 bits per heavy atom. The number of rotatable bonds is 5. The summed E-state index contributed by atoms with van der Waals surface area (Å²) >= 11 is 1.83. The number of nitrogens with zero attached hydrogens (tertiary/aromatic N) is 1. The summed E-state index contributed by atoms with van der Waals surface area (Å²) in [4.78, 5) is 1.41. The van der Waals surface area contributed by atoms with Gasteiger partial charge in [0.15, 0.2) is 0 Å². The summed E-state index contributed by atoms with van der Waals surface area (Å²) in [7, 11) is 0. The smallest absolute Gasteiger partial charge is 0.0569 e. The molecule has 1 fully saturated rings. The molecule has 1 saturated carbocycles. The van der Waals surface area contributed by atoms with Gasteiger partial charge in [-0.3, -0.25) is 0 Å². The van der Waals surface area contributed by atoms with Crippen LogP contribution in [-0.4, -0.2) is 10.6 Å². The highest BCUT2D eigenvalue weighted by Crippen LogP contribution is 2.24. The minimum absolute atomic E-state index is 0.756. The molecule has 2 aromatic heterocycles. The lowest BCUT2D eigenvalue weighted by molar-refractivity contribution is 0.687. The molecule has 0 amide bonds. The third kappa shape index (κ3) is 2.39. The maximum Gasteiger partial charge on any atom is 0.0569 e. The van der Waals surface area contributed by atoms with Crippen molar-refractivity contribution in [2.75, 3.05) is 0 Å². The molecule has 3 heteroatoms. The molecule has 2 heterocycles. The Hall–Kier alpha value is -1.58. The summed E-state index contributed by atoms with van der Waals surface area (Å²) in [5.74, 6) is 0. The van der Waals surface area contributed by atoms with Gasteiger partial charge in [0.25, 0.3) is 0 Å². The van der Waals surface area contributed by atoms with Crippen molar-refractivity contribution >= 4 is 22.2 Å². The molecule has 0 atom stereocenters. The Labute approximate surface area is 123 Å². The summed E-state index contributed by atoms with van der Waals surface area (Å²) in [5.41, 5.74) is 2.80. The zero-order valence-corrected chi connectivity index (χ0v) is 12.2. The second kappa shape index (κ2) is 5.08. The largest absolute Gasteiger partial charge is 0.342 e. The molecule has 0 radical (unpaired) electrons. The van der Waals surface area contributed by atoms with Crippen molar-refractivity contribution in [3.05, 3.63) is 58.4 Å². The van der Waals surface area contributed by atoms with Gasteiger partial charge in [-0.1, -0.05) is 24.3 Å². The van der Waals surface area contributed by atoms with Crippen LogP contribution in [0.5, 0.6) is 0 Å². The predicted octanol–water partition coefficient (Wildman–Crippen LogP) is 4.00. The Bertz CT molecular complexity index is 708. The molecule has 0 bridgehead atoms. The van der Waals surface area contributed by atoms with E-state index >= 15 is 0 Å². The van der Waals surface area contributed by atoms with Gasteiger partial charge in [-0.05, 0) is 41.3 Å². The van der Waals surface area contributed by atoms with Gasteiger partial charge in [0.2, 0.25) is 0 Å². The summed E-state index contributed by atoms with van der Waals surface area (Å²) in [6.45, 7) is 1.96. The molecule has 3 aromatic rings. The molecule has 1 aliphatic rings. The maximum atomic E-state index is 3.63. The van der Waals surface area contributed by atoms with Gasteiger partial charge in [-0.25, -0.2) is 0 Å². The first-order chi connectivity index (χ1) is 9.90. The van der Waals surface area contributed by atoms with Crippen LogP contribution in [0, 0.1) is 0 Å². The lowest BCUT2D eigenvalue weighted by atomic mass is 10.1. The van der Waals surface area contributed by atoms with E-state index < -0.39 is 0 Å². The normalized spacial score (nSPS) is 15.0. The first-order valence-corrected chi connectivity index (χ1v) is 8.10. The molecule has 2 nitrogen and oxygen atoms in total. The van der Waals surface area contributed by atoms with Gasteiger partial charge in [0.1, 0.15) is 0 Å². The van der Waals surface area contributed by atoms with E-state index in [0.717, 1.165) is 19.1 Å². The van der Waals surface area contributed by atoms with Crippen molar-refractivity contribution in [1.82, 2.24) is 9.88 Å². The molecule has 0 saturated heterocycles. The fraction of sp³-hybridized carbons (Fsp3) is 0.294. The van der Waals surface area contributed by atoms with Crippen molar-refractivity contribution < 1.29 is 0 Å². The summed E-state index contributed by atoms with van der Waals surface area (Å²) < 4.78 is 2.38. The van der Waals surface area contributed by atoms with E-state index in [1.54, 1.807) is 0 Å². The van der Waals surface area contributed by atoms with E-state index in [9.17, 15) is 0 Å². The number of hydrogen-bond acceptors (Lipinski definition) is 2. The number of para-hydroxylation sites is 1. The van der Waals surface area contributed by atoms with Gasteiger partial charge in [0, 0.05) is 23.7 Å². The van der Waals surface area contributed by atoms with Gasteiger partial charge in [0.05, 0.1) is 12.1 Å². The molecule has 102 valence electrons. The number of thiophene rings is 1. The van der Waals surface area contributed by atoms with E-state index in [1.165, 1.54) is 34.2 Å². The first-order valence-electron chi connectivity index (χ1n) is 7.23. The fourth-order valence-electron chi connectivity index (χ4n) is 2.73. The lowest BCUT2D eigenvalue weighted by Gasteiger charge is -2.10. The van der Waals surface area contributed by atoms with Crippen LogP contribution in [0.4, 0.5) is 0 Å². The SMILES string of the molecule is c1csc(Cn2ccc3cccc(CNC4CC4)c32)c1. The Morgan fingerprint density at radius 2 is 2.10 bits per heavy atom. The number of fused-ring (bicyclic) bond motifs is 1. The minimum Gasteiger partial charge on any atom is -0.342 e. The van der Waals surface area contributed by atoms with Crippen LogP contribution in [0.25, 0.3) is 10.9 Å². The van der Waals surface area contributed by atoms with Crippen LogP contribution < -0.4 is 5.32 Å². The van der Waals surface area contributed by atoms with E-state index in [-0.39, 0.29) is 0 Å². The van der Waals surface area contributed by atoms with Gasteiger partial charge >= 0.3 is 0 Å². The average molecular weight is 282 g/mol. The van der Waals surface area contributed by atoms with Gasteiger partial charge < -0.3 is 9.88 Å². The maximum absolute atomic E-state index is 3.63. The summed E-state index contributed by atoms with van der Waals surface area (Å²) in [5, 5.41) is 7.12. The second-order valence-electron chi connectivity index (χ2n) is 5.53. The molecule has 0 aliphatic heterocycles. The molecule has 4 rings (SSSR count). The Morgan fingerprint density at radius 1 is 1.15 bits per heavy atom. The molecule has 0 unspecified atom stereocenters. The molecule has 20 heavy (non-hydrogen) atoms. The quantitative estimate of drug-likeness (QED) is 0.748. The third-order valence-corrected chi connectivity index (χ3v) is 4.80. The van der Waals surface area contributed by atoms with Crippen molar-refractivity contribution in [3.63, 3.8) is 0 Å². The van der Waals surface area contributed by atoms with Gasteiger partial charge in [-0.2, -0.15) is 0 Å². The monoisotopic (exact) mass is 282 g/mol. The third-order valence-electron chi connectivity index (χ3n) is 3.94. The van der Waals surface area contributed by atoms with Crippen molar-refractivity contribution in [1.29, 1.82) is 0 Å². The topological polar surface area (TPSA) is 17.0 Å². The predicted molar refractivity (Wildman–Crippen MR) is 85.2 cm³/mol. The average Bonchev–Trinajstić information content (AvgIpc) is 2.98. The molecular weight excluding hydrogens is 264 g/mol. The van der Waals surface area contributed by atoms with E-state index in [2.05, 4.69) is 57.9 Å². The van der Waals surface area contributed by atoms with Crippen LogP contribution in [0.1, 0.15) is 23.3 Å². The van der Waals surface area contributed by atoms with Crippen LogP contribution in [0.3, 0.4) is 0 Å². The van der Waals surface area contributed by atoms with Crippen molar-refractivity contribution in [2.24, 2.45) is 0 Å².